The van der Waals surface area contributed by atoms with E-state index in [0.717, 1.165) is 6.54 Å². The van der Waals surface area contributed by atoms with Gasteiger partial charge in [-0.3, -0.25) is 0 Å². The van der Waals surface area contributed by atoms with Crippen LogP contribution in [-0.2, 0) is 6.54 Å². The SMILES string of the molecule is CC.CC.CNC.Cc1cc2ccccc2n1Cc1ccccc1. The molecule has 0 atom stereocenters. The molecule has 0 unspecified atom stereocenters. The Balaban J connectivity index is 0.000000667. The molecular formula is C22H34N2. The van der Waals surface area contributed by atoms with Crippen molar-refractivity contribution in [1.82, 2.24) is 9.88 Å². The van der Waals surface area contributed by atoms with Crippen LogP contribution in [0.5, 0.6) is 0 Å². The molecule has 2 nitrogen and oxygen atoms in total. The van der Waals surface area contributed by atoms with Crippen molar-refractivity contribution in [3.05, 3.63) is 71.9 Å². The standard InChI is InChI=1S/C16H15N.C2H7N.2C2H6/c1-13-11-15-9-5-6-10-16(15)17(13)12-14-7-3-2-4-8-14;1-3-2;2*1-2/h2-11H,12H2,1H3;3H,1-2H3;2*1-2H3. The molecule has 1 N–H and O–H groups in total. The molecule has 0 aliphatic heterocycles. The average Bonchev–Trinajstić information content (AvgIpc) is 2.96. The first-order valence-corrected chi connectivity index (χ1v) is 8.93. The fourth-order valence-electron chi connectivity index (χ4n) is 2.32. The molecule has 0 amide bonds. The Labute approximate surface area is 148 Å². The van der Waals surface area contributed by atoms with Gasteiger partial charge in [0.2, 0.25) is 0 Å². The Hall–Kier alpha value is -2.06. The van der Waals surface area contributed by atoms with Crippen molar-refractivity contribution in [2.75, 3.05) is 14.1 Å². The number of aryl methyl sites for hydroxylation is 1. The van der Waals surface area contributed by atoms with Crippen LogP contribution in [0.2, 0.25) is 0 Å². The fraction of sp³-hybridized carbons (Fsp3) is 0.364. The quantitative estimate of drug-likeness (QED) is 0.621. The second-order valence-electron chi connectivity index (χ2n) is 4.92. The Morgan fingerprint density at radius 1 is 0.792 bits per heavy atom. The molecule has 0 aliphatic rings. The molecule has 3 rings (SSSR count). The van der Waals surface area contributed by atoms with E-state index in [1.165, 1.54) is 22.2 Å². The highest BCUT2D eigenvalue weighted by molar-refractivity contribution is 5.81. The lowest BCUT2D eigenvalue weighted by atomic mass is 10.2. The smallest absolute Gasteiger partial charge is 0.0485 e. The van der Waals surface area contributed by atoms with Crippen molar-refractivity contribution in [2.45, 2.75) is 41.2 Å². The summed E-state index contributed by atoms with van der Waals surface area (Å²) < 4.78 is 2.37. The van der Waals surface area contributed by atoms with Gasteiger partial charge in [-0.15, -0.1) is 0 Å². The number of hydrogen-bond donors (Lipinski definition) is 1. The zero-order chi connectivity index (χ0) is 18.4. The fourth-order valence-corrected chi connectivity index (χ4v) is 2.32. The van der Waals surface area contributed by atoms with E-state index < -0.39 is 0 Å². The minimum absolute atomic E-state index is 0.945. The highest BCUT2D eigenvalue weighted by Crippen LogP contribution is 2.20. The van der Waals surface area contributed by atoms with Gasteiger partial charge in [-0.25, -0.2) is 0 Å². The normalized spacial score (nSPS) is 8.96. The maximum atomic E-state index is 2.75. The van der Waals surface area contributed by atoms with Crippen LogP contribution < -0.4 is 5.32 Å². The highest BCUT2D eigenvalue weighted by Gasteiger charge is 2.04. The lowest BCUT2D eigenvalue weighted by Crippen LogP contribution is -2.00. The molecule has 0 radical (unpaired) electrons. The molecule has 0 fully saturated rings. The lowest BCUT2D eigenvalue weighted by molar-refractivity contribution is 0.805. The minimum atomic E-state index is 0.945. The molecule has 0 aliphatic carbocycles. The summed E-state index contributed by atoms with van der Waals surface area (Å²) in [5.74, 6) is 0. The highest BCUT2D eigenvalue weighted by atomic mass is 15.0. The van der Waals surface area contributed by atoms with Crippen LogP contribution in [0, 0.1) is 6.92 Å². The first kappa shape index (κ1) is 21.9. The third kappa shape index (κ3) is 6.59. The topological polar surface area (TPSA) is 17.0 Å². The molecule has 1 aromatic heterocycles. The van der Waals surface area contributed by atoms with Crippen LogP contribution in [0.1, 0.15) is 39.0 Å². The second kappa shape index (κ2) is 13.4. The molecule has 2 heteroatoms. The summed E-state index contributed by atoms with van der Waals surface area (Å²) >= 11 is 0. The predicted octanol–water partition coefficient (Wildman–Crippen LogP) is 5.89. The van der Waals surface area contributed by atoms with Gasteiger partial charge in [0.25, 0.3) is 0 Å². The molecule has 2 aromatic carbocycles. The zero-order valence-corrected chi connectivity index (χ0v) is 16.4. The first-order valence-electron chi connectivity index (χ1n) is 8.93. The number of fused-ring (bicyclic) bond motifs is 1. The van der Waals surface area contributed by atoms with Gasteiger partial charge in [0.15, 0.2) is 0 Å². The van der Waals surface area contributed by atoms with Crippen molar-refractivity contribution >= 4 is 10.9 Å². The maximum absolute atomic E-state index is 2.75. The largest absolute Gasteiger partial charge is 0.340 e. The van der Waals surface area contributed by atoms with E-state index in [1.54, 1.807) is 0 Å². The van der Waals surface area contributed by atoms with E-state index in [-0.39, 0.29) is 0 Å². The zero-order valence-electron chi connectivity index (χ0n) is 16.4. The third-order valence-corrected chi connectivity index (χ3v) is 3.20. The van der Waals surface area contributed by atoms with Gasteiger partial charge in [0.1, 0.15) is 0 Å². The van der Waals surface area contributed by atoms with E-state index in [1.807, 2.05) is 41.8 Å². The summed E-state index contributed by atoms with van der Waals surface area (Å²) in [5.41, 5.74) is 3.97. The van der Waals surface area contributed by atoms with Gasteiger partial charge in [0, 0.05) is 17.8 Å². The number of nitrogens with zero attached hydrogens (tertiary/aromatic N) is 1. The Morgan fingerprint density at radius 2 is 1.29 bits per heavy atom. The van der Waals surface area contributed by atoms with Crippen LogP contribution in [0.3, 0.4) is 0 Å². The van der Waals surface area contributed by atoms with Crippen molar-refractivity contribution in [2.24, 2.45) is 0 Å². The molecule has 1 heterocycles. The Kier molecular flexibility index (Phi) is 12.2. The van der Waals surface area contributed by atoms with E-state index in [4.69, 9.17) is 0 Å². The number of nitrogens with one attached hydrogen (secondary N) is 1. The summed E-state index contributed by atoms with van der Waals surface area (Å²) in [4.78, 5) is 0. The van der Waals surface area contributed by atoms with Gasteiger partial charge in [-0.05, 0) is 44.1 Å². The van der Waals surface area contributed by atoms with Crippen molar-refractivity contribution in [3.8, 4) is 0 Å². The molecule has 24 heavy (non-hydrogen) atoms. The van der Waals surface area contributed by atoms with E-state index >= 15 is 0 Å². The number of rotatable bonds is 2. The number of hydrogen-bond acceptors (Lipinski definition) is 1. The number of aromatic nitrogens is 1. The summed E-state index contributed by atoms with van der Waals surface area (Å²) in [6.07, 6.45) is 0. The van der Waals surface area contributed by atoms with Gasteiger partial charge in [-0.1, -0.05) is 76.2 Å². The van der Waals surface area contributed by atoms with Gasteiger partial charge < -0.3 is 9.88 Å². The second-order valence-corrected chi connectivity index (χ2v) is 4.92. The molecule has 132 valence electrons. The molecule has 3 aromatic rings. The molecular weight excluding hydrogens is 292 g/mol. The predicted molar refractivity (Wildman–Crippen MR) is 110 cm³/mol. The van der Waals surface area contributed by atoms with E-state index in [0.29, 0.717) is 0 Å². The van der Waals surface area contributed by atoms with Crippen molar-refractivity contribution in [1.29, 1.82) is 0 Å². The lowest BCUT2D eigenvalue weighted by Gasteiger charge is -2.08. The number of para-hydroxylation sites is 1. The van der Waals surface area contributed by atoms with Crippen LogP contribution in [-0.4, -0.2) is 18.7 Å². The number of benzene rings is 2. The van der Waals surface area contributed by atoms with Crippen molar-refractivity contribution < 1.29 is 0 Å². The Bertz CT molecular complexity index is 654. The molecule has 0 bridgehead atoms. The van der Waals surface area contributed by atoms with E-state index in [2.05, 4.69) is 77.5 Å². The summed E-state index contributed by atoms with van der Waals surface area (Å²) in [7, 11) is 3.75. The van der Waals surface area contributed by atoms with Crippen molar-refractivity contribution in [3.63, 3.8) is 0 Å². The van der Waals surface area contributed by atoms with Crippen LogP contribution in [0.25, 0.3) is 10.9 Å². The Morgan fingerprint density at radius 3 is 1.88 bits per heavy atom. The van der Waals surface area contributed by atoms with E-state index in [9.17, 15) is 0 Å². The van der Waals surface area contributed by atoms with Crippen LogP contribution in [0.4, 0.5) is 0 Å². The minimum Gasteiger partial charge on any atom is -0.340 e. The third-order valence-electron chi connectivity index (χ3n) is 3.20. The average molecular weight is 327 g/mol. The summed E-state index contributed by atoms with van der Waals surface area (Å²) in [6.45, 7) is 11.1. The monoisotopic (exact) mass is 326 g/mol. The molecule has 0 spiro atoms. The summed E-state index contributed by atoms with van der Waals surface area (Å²) in [6, 6.07) is 21.4. The van der Waals surface area contributed by atoms with Gasteiger partial charge >= 0.3 is 0 Å². The first-order chi connectivity index (χ1) is 11.8. The molecule has 0 saturated carbocycles. The van der Waals surface area contributed by atoms with Gasteiger partial charge in [0.05, 0.1) is 0 Å². The van der Waals surface area contributed by atoms with Crippen LogP contribution >= 0.6 is 0 Å². The van der Waals surface area contributed by atoms with Crippen LogP contribution in [0.15, 0.2) is 60.7 Å². The summed E-state index contributed by atoms with van der Waals surface area (Å²) in [5, 5.41) is 4.07. The van der Waals surface area contributed by atoms with Gasteiger partial charge in [-0.2, -0.15) is 0 Å². The maximum Gasteiger partial charge on any atom is 0.0485 e. The molecule has 0 saturated heterocycles.